The number of hydrogen-bond acceptors (Lipinski definition) is 3. The van der Waals surface area contributed by atoms with Crippen LogP contribution in [0.4, 0.5) is 14.5 Å². The molecular formula is C28H28ClF2NO3S. The molecule has 0 aromatic heterocycles. The zero-order chi connectivity index (χ0) is 25.7. The highest BCUT2D eigenvalue weighted by atomic mass is 35.5. The van der Waals surface area contributed by atoms with Gasteiger partial charge in [-0.3, -0.25) is 4.79 Å². The van der Waals surface area contributed by atoms with Crippen LogP contribution in [0.15, 0.2) is 65.6 Å². The van der Waals surface area contributed by atoms with E-state index in [1.165, 1.54) is 24.3 Å². The van der Waals surface area contributed by atoms with E-state index in [1.54, 1.807) is 36.4 Å². The Morgan fingerprint density at radius 1 is 1.03 bits per heavy atom. The number of amides is 1. The van der Waals surface area contributed by atoms with E-state index < -0.39 is 28.4 Å². The highest BCUT2D eigenvalue weighted by molar-refractivity contribution is 7.91. The first-order valence-electron chi connectivity index (χ1n) is 12.0. The van der Waals surface area contributed by atoms with Crippen molar-refractivity contribution in [1.82, 2.24) is 0 Å². The summed E-state index contributed by atoms with van der Waals surface area (Å²) < 4.78 is 47.4. The normalized spacial score (nSPS) is 15.8. The van der Waals surface area contributed by atoms with Gasteiger partial charge < -0.3 is 14.6 Å². The van der Waals surface area contributed by atoms with Crippen molar-refractivity contribution in [3.05, 3.63) is 88.4 Å². The van der Waals surface area contributed by atoms with Gasteiger partial charge >= 0.3 is 0 Å². The molecule has 36 heavy (non-hydrogen) atoms. The zero-order valence-electron chi connectivity index (χ0n) is 20.0. The molecule has 1 unspecified atom stereocenters. The maximum atomic E-state index is 15.1. The molecule has 0 heterocycles. The third-order valence-electron chi connectivity index (χ3n) is 6.44. The molecule has 0 radical (unpaired) electrons. The molecule has 190 valence electrons. The van der Waals surface area contributed by atoms with Crippen LogP contribution >= 0.6 is 11.6 Å². The van der Waals surface area contributed by atoms with Crippen molar-refractivity contribution in [1.29, 1.82) is 0 Å². The largest absolute Gasteiger partial charge is 0.611 e. The lowest BCUT2D eigenvalue weighted by atomic mass is 9.79. The molecule has 4 rings (SSSR count). The van der Waals surface area contributed by atoms with Crippen molar-refractivity contribution < 1.29 is 22.9 Å². The van der Waals surface area contributed by atoms with Crippen molar-refractivity contribution in [3.8, 4) is 5.75 Å². The minimum atomic E-state index is -1.05. The number of anilines is 1. The van der Waals surface area contributed by atoms with E-state index in [1.807, 2.05) is 6.92 Å². The van der Waals surface area contributed by atoms with Crippen LogP contribution in [0.5, 0.6) is 5.75 Å². The number of halogens is 3. The Morgan fingerprint density at radius 2 is 1.75 bits per heavy atom. The summed E-state index contributed by atoms with van der Waals surface area (Å²) in [5.74, 6) is -0.867. The van der Waals surface area contributed by atoms with Gasteiger partial charge in [0.15, 0.2) is 16.5 Å². The Kier molecular flexibility index (Phi) is 8.54. The van der Waals surface area contributed by atoms with Crippen LogP contribution in [0.1, 0.15) is 50.2 Å². The van der Waals surface area contributed by atoms with Gasteiger partial charge in [-0.05, 0) is 91.3 Å². The second kappa shape index (κ2) is 11.6. The van der Waals surface area contributed by atoms with E-state index in [0.717, 1.165) is 29.7 Å². The van der Waals surface area contributed by atoms with Crippen molar-refractivity contribution in [2.24, 2.45) is 0 Å². The Balaban J connectivity index is 1.46. The van der Waals surface area contributed by atoms with E-state index in [0.29, 0.717) is 29.8 Å². The fraction of sp³-hybridized carbons (Fsp3) is 0.321. The first kappa shape index (κ1) is 26.5. The van der Waals surface area contributed by atoms with Crippen LogP contribution in [0.3, 0.4) is 0 Å². The van der Waals surface area contributed by atoms with Crippen molar-refractivity contribution >= 4 is 34.4 Å². The summed E-state index contributed by atoms with van der Waals surface area (Å²) in [7, 11) is 0. The van der Waals surface area contributed by atoms with Crippen molar-refractivity contribution in [2.45, 2.75) is 55.9 Å². The van der Waals surface area contributed by atoms with E-state index in [2.05, 4.69) is 5.32 Å². The third-order valence-corrected chi connectivity index (χ3v) is 8.07. The lowest BCUT2D eigenvalue weighted by Crippen LogP contribution is -2.36. The van der Waals surface area contributed by atoms with Crippen LogP contribution in [-0.4, -0.2) is 16.2 Å². The first-order valence-corrected chi connectivity index (χ1v) is 13.7. The standard InChI is InChI=1S/C28H28ClF2NO3S/c1-2-36(34)22-10-6-19(7-11-22)16-27(33)32-21-9-13-26(25(31)18-21)35-28(14-4-3-5-15-28)20-8-12-23(29)24(30)17-20/h6-13,17-18H,2-5,14-16H2,1H3,(H,32,33). The molecule has 3 aromatic rings. The lowest BCUT2D eigenvalue weighted by Gasteiger charge is -2.38. The molecule has 1 aliphatic rings. The molecule has 1 fully saturated rings. The predicted octanol–water partition coefficient (Wildman–Crippen LogP) is 7.17. The molecule has 1 aliphatic carbocycles. The first-order chi connectivity index (χ1) is 17.3. The molecule has 1 amide bonds. The summed E-state index contributed by atoms with van der Waals surface area (Å²) in [6.45, 7) is 1.85. The third kappa shape index (κ3) is 6.20. The van der Waals surface area contributed by atoms with Crippen LogP contribution in [-0.2, 0) is 28.0 Å². The number of nitrogens with one attached hydrogen (secondary N) is 1. The molecule has 0 saturated heterocycles. The monoisotopic (exact) mass is 531 g/mol. The smallest absolute Gasteiger partial charge is 0.228 e. The maximum absolute atomic E-state index is 15.1. The van der Waals surface area contributed by atoms with Gasteiger partial charge in [-0.25, -0.2) is 8.78 Å². The van der Waals surface area contributed by atoms with Crippen LogP contribution in [0.25, 0.3) is 0 Å². The molecule has 0 aliphatic heterocycles. The van der Waals surface area contributed by atoms with Gasteiger partial charge in [-0.15, -0.1) is 0 Å². The Hall–Kier alpha value is -2.61. The Bertz CT molecular complexity index is 1220. The summed E-state index contributed by atoms with van der Waals surface area (Å²) in [6.07, 6.45) is 4.18. The van der Waals surface area contributed by atoms with Gasteiger partial charge in [-0.1, -0.05) is 36.2 Å². The van der Waals surface area contributed by atoms with Crippen molar-refractivity contribution in [2.75, 3.05) is 11.1 Å². The highest BCUT2D eigenvalue weighted by Crippen LogP contribution is 2.42. The summed E-state index contributed by atoms with van der Waals surface area (Å²) >= 11 is 4.82. The predicted molar refractivity (Wildman–Crippen MR) is 139 cm³/mol. The van der Waals surface area contributed by atoms with Gasteiger partial charge in [0.05, 0.1) is 11.4 Å². The molecule has 0 bridgehead atoms. The molecule has 1 N–H and O–H groups in total. The summed E-state index contributed by atoms with van der Waals surface area (Å²) in [5.41, 5.74) is 0.862. The zero-order valence-corrected chi connectivity index (χ0v) is 21.6. The molecule has 4 nitrogen and oxygen atoms in total. The topological polar surface area (TPSA) is 61.4 Å². The van der Waals surface area contributed by atoms with Crippen LogP contribution in [0, 0.1) is 11.6 Å². The number of benzene rings is 3. The highest BCUT2D eigenvalue weighted by Gasteiger charge is 2.37. The number of ether oxygens (including phenoxy) is 1. The summed E-state index contributed by atoms with van der Waals surface area (Å²) in [5, 5.41) is 2.74. The van der Waals surface area contributed by atoms with Gasteiger partial charge in [-0.2, -0.15) is 0 Å². The minimum Gasteiger partial charge on any atom is -0.611 e. The minimum absolute atomic E-state index is 0.0304. The summed E-state index contributed by atoms with van der Waals surface area (Å²) in [4.78, 5) is 13.2. The molecular weight excluding hydrogens is 504 g/mol. The lowest BCUT2D eigenvalue weighted by molar-refractivity contribution is -0.115. The molecule has 3 aromatic carbocycles. The number of carbonyl (C=O) groups excluding carboxylic acids is 1. The average molecular weight is 532 g/mol. The maximum Gasteiger partial charge on any atom is 0.228 e. The van der Waals surface area contributed by atoms with E-state index in [-0.39, 0.29) is 23.1 Å². The quantitative estimate of drug-likeness (QED) is 0.313. The number of carbonyl (C=O) groups is 1. The van der Waals surface area contributed by atoms with Crippen LogP contribution in [0.2, 0.25) is 5.02 Å². The van der Waals surface area contributed by atoms with Gasteiger partial charge in [0.1, 0.15) is 17.2 Å². The second-order valence-electron chi connectivity index (χ2n) is 8.93. The van der Waals surface area contributed by atoms with E-state index in [9.17, 15) is 13.7 Å². The van der Waals surface area contributed by atoms with E-state index in [4.69, 9.17) is 16.3 Å². The van der Waals surface area contributed by atoms with Gasteiger partial charge in [0.2, 0.25) is 5.91 Å². The van der Waals surface area contributed by atoms with Crippen molar-refractivity contribution in [3.63, 3.8) is 0 Å². The second-order valence-corrected chi connectivity index (χ2v) is 11.1. The van der Waals surface area contributed by atoms with Gasteiger partial charge in [0.25, 0.3) is 0 Å². The fourth-order valence-electron chi connectivity index (χ4n) is 4.54. The molecule has 1 saturated carbocycles. The average Bonchev–Trinajstić information content (AvgIpc) is 2.88. The molecule has 1 atom stereocenters. The Morgan fingerprint density at radius 3 is 2.39 bits per heavy atom. The number of hydrogen-bond donors (Lipinski definition) is 1. The molecule has 0 spiro atoms. The van der Waals surface area contributed by atoms with E-state index >= 15 is 4.39 Å². The SMILES string of the molecule is CC[S+]([O-])c1ccc(CC(=O)Nc2ccc(OC3(c4ccc(Cl)c(F)c4)CCCCC3)c(F)c2)cc1. The van der Waals surface area contributed by atoms with Crippen LogP contribution < -0.4 is 10.1 Å². The fourth-order valence-corrected chi connectivity index (χ4v) is 5.43. The number of rotatable bonds is 8. The summed E-state index contributed by atoms with van der Waals surface area (Å²) in [6, 6.07) is 15.9. The van der Waals surface area contributed by atoms with Gasteiger partial charge in [0, 0.05) is 11.8 Å². The molecule has 8 heteroatoms. The Labute approximate surface area is 218 Å².